The van der Waals surface area contributed by atoms with E-state index in [1.165, 1.54) is 19.3 Å². The third-order valence-corrected chi connectivity index (χ3v) is 4.50. The van der Waals surface area contributed by atoms with Crippen LogP contribution in [-0.2, 0) is 16.0 Å². The molecule has 0 radical (unpaired) electrons. The quantitative estimate of drug-likeness (QED) is 0.294. The predicted molar refractivity (Wildman–Crippen MR) is 97.7 cm³/mol. The third-order valence-electron chi connectivity index (χ3n) is 4.50. The summed E-state index contributed by atoms with van der Waals surface area (Å²) in [6.45, 7) is 5.05. The fraction of sp³-hybridized carbons (Fsp3) is 0.500. The molecule has 0 atom stereocenters. The molecule has 1 fully saturated rings. The first-order chi connectivity index (χ1) is 12.4. The number of unbranched alkanes of at least 4 members (excludes halogenated alkanes) is 3. The largest absolute Gasteiger partial charge is 0.334 e. The Balaban J connectivity index is 1.98. The van der Waals surface area contributed by atoms with E-state index in [1.54, 1.807) is 26.0 Å². The molecule has 6 heteroatoms. The Bertz CT molecular complexity index is 694. The van der Waals surface area contributed by atoms with Crippen molar-refractivity contribution in [3.63, 3.8) is 0 Å². The lowest BCUT2D eigenvalue weighted by molar-refractivity contribution is -0.143. The average molecular weight is 358 g/mol. The van der Waals surface area contributed by atoms with Crippen LogP contribution in [0.3, 0.4) is 0 Å². The number of imide groups is 2. The molecule has 4 amide bonds. The van der Waals surface area contributed by atoms with Gasteiger partial charge < -0.3 is 0 Å². The molecule has 0 N–H and O–H groups in total. The summed E-state index contributed by atoms with van der Waals surface area (Å²) < 4.78 is 0. The molecule has 0 saturated carbocycles. The van der Waals surface area contributed by atoms with Crippen LogP contribution in [0.15, 0.2) is 24.3 Å². The highest BCUT2D eigenvalue weighted by Crippen LogP contribution is 2.17. The number of ketones is 1. The minimum atomic E-state index is -0.940. The lowest BCUT2D eigenvalue weighted by Gasteiger charge is -2.18. The standard InChI is InChI=1S/C20H26N2O4/c1-4-5-6-7-8-15-9-11-16(12-10-15)17(23)13-21-18(24)19(25)22(14(2)3)20(21)26/h9-12,14H,4-8,13H2,1-3H3. The van der Waals surface area contributed by atoms with Crippen molar-refractivity contribution in [2.75, 3.05) is 6.54 Å². The van der Waals surface area contributed by atoms with Gasteiger partial charge in [0, 0.05) is 11.6 Å². The van der Waals surface area contributed by atoms with Crippen LogP contribution in [0.2, 0.25) is 0 Å². The van der Waals surface area contributed by atoms with Gasteiger partial charge in [-0.15, -0.1) is 0 Å². The predicted octanol–water partition coefficient (Wildman–Crippen LogP) is 3.19. The van der Waals surface area contributed by atoms with Crippen LogP contribution in [0.5, 0.6) is 0 Å². The maximum Gasteiger partial charge on any atom is 0.334 e. The van der Waals surface area contributed by atoms with Gasteiger partial charge >= 0.3 is 17.8 Å². The van der Waals surface area contributed by atoms with Gasteiger partial charge in [-0.3, -0.25) is 19.3 Å². The van der Waals surface area contributed by atoms with Crippen molar-refractivity contribution in [2.45, 2.75) is 58.9 Å². The zero-order valence-electron chi connectivity index (χ0n) is 15.7. The molecule has 1 saturated heterocycles. The molecule has 0 aliphatic carbocycles. The molecule has 0 bridgehead atoms. The summed E-state index contributed by atoms with van der Waals surface area (Å²) in [5, 5.41) is 0. The van der Waals surface area contributed by atoms with E-state index in [9.17, 15) is 19.2 Å². The topological polar surface area (TPSA) is 74.8 Å². The number of hydrogen-bond donors (Lipinski definition) is 0. The molecule has 0 unspecified atom stereocenters. The van der Waals surface area contributed by atoms with Crippen molar-refractivity contribution in [3.05, 3.63) is 35.4 Å². The fourth-order valence-electron chi connectivity index (χ4n) is 2.97. The first-order valence-electron chi connectivity index (χ1n) is 9.18. The van der Waals surface area contributed by atoms with Crippen LogP contribution >= 0.6 is 0 Å². The van der Waals surface area contributed by atoms with E-state index in [0.29, 0.717) is 5.56 Å². The number of nitrogens with zero attached hydrogens (tertiary/aromatic N) is 2. The van der Waals surface area contributed by atoms with Crippen LogP contribution < -0.4 is 0 Å². The van der Waals surface area contributed by atoms with Crippen LogP contribution in [0, 0.1) is 0 Å². The van der Waals surface area contributed by atoms with Gasteiger partial charge in [0.05, 0.1) is 6.54 Å². The van der Waals surface area contributed by atoms with Crippen LogP contribution in [-0.4, -0.2) is 46.0 Å². The highest BCUT2D eigenvalue weighted by atomic mass is 16.2. The lowest BCUT2D eigenvalue weighted by Crippen LogP contribution is -2.39. The number of urea groups is 1. The monoisotopic (exact) mass is 358 g/mol. The molecule has 1 aromatic carbocycles. The summed E-state index contributed by atoms with van der Waals surface area (Å²) in [6, 6.07) is 6.08. The SMILES string of the molecule is CCCCCCc1ccc(C(=O)CN2C(=O)C(=O)N(C(C)C)C2=O)cc1. The number of rotatable bonds is 9. The van der Waals surface area contributed by atoms with Gasteiger partial charge in [0.1, 0.15) is 0 Å². The fourth-order valence-corrected chi connectivity index (χ4v) is 2.97. The van der Waals surface area contributed by atoms with Gasteiger partial charge in [-0.05, 0) is 32.3 Å². The maximum atomic E-state index is 12.4. The van der Waals surface area contributed by atoms with Crippen molar-refractivity contribution in [3.8, 4) is 0 Å². The van der Waals surface area contributed by atoms with Crippen molar-refractivity contribution in [2.24, 2.45) is 0 Å². The Morgan fingerprint density at radius 3 is 2.15 bits per heavy atom. The van der Waals surface area contributed by atoms with Gasteiger partial charge in [0.15, 0.2) is 5.78 Å². The zero-order chi connectivity index (χ0) is 19.3. The van der Waals surface area contributed by atoms with E-state index in [-0.39, 0.29) is 5.78 Å². The Kier molecular flexibility index (Phi) is 6.66. The van der Waals surface area contributed by atoms with Crippen LogP contribution in [0.25, 0.3) is 0 Å². The van der Waals surface area contributed by atoms with Crippen molar-refractivity contribution in [1.29, 1.82) is 0 Å². The van der Waals surface area contributed by atoms with Gasteiger partial charge in [0.2, 0.25) is 0 Å². The van der Waals surface area contributed by atoms with E-state index in [4.69, 9.17) is 0 Å². The second kappa shape index (κ2) is 8.74. The van der Waals surface area contributed by atoms with E-state index in [1.807, 2.05) is 12.1 Å². The number of carbonyl (C=O) groups is 4. The Hall–Kier alpha value is -2.50. The molecular formula is C20H26N2O4. The summed E-state index contributed by atoms with van der Waals surface area (Å²) in [4.78, 5) is 50.1. The molecule has 1 heterocycles. The number of hydrogen-bond acceptors (Lipinski definition) is 4. The van der Waals surface area contributed by atoms with Crippen molar-refractivity contribution < 1.29 is 19.2 Å². The molecule has 140 valence electrons. The first-order valence-corrected chi connectivity index (χ1v) is 9.18. The minimum absolute atomic E-state index is 0.359. The van der Waals surface area contributed by atoms with Gasteiger partial charge in [-0.1, -0.05) is 50.5 Å². The maximum absolute atomic E-state index is 12.4. The molecule has 2 rings (SSSR count). The molecule has 1 aromatic rings. The van der Waals surface area contributed by atoms with Gasteiger partial charge in [0.25, 0.3) is 0 Å². The lowest BCUT2D eigenvalue weighted by atomic mass is 10.0. The molecule has 0 aromatic heterocycles. The second-order valence-electron chi connectivity index (χ2n) is 6.87. The van der Waals surface area contributed by atoms with Gasteiger partial charge in [-0.2, -0.15) is 0 Å². The number of amides is 4. The third kappa shape index (κ3) is 4.36. The summed E-state index contributed by atoms with van der Waals surface area (Å²) in [5.41, 5.74) is 1.59. The highest BCUT2D eigenvalue weighted by molar-refractivity contribution is 6.45. The van der Waals surface area contributed by atoms with Gasteiger partial charge in [-0.25, -0.2) is 9.69 Å². The summed E-state index contributed by atoms with van der Waals surface area (Å²) in [6.07, 6.45) is 5.69. The van der Waals surface area contributed by atoms with E-state index < -0.39 is 30.4 Å². The molecular weight excluding hydrogens is 332 g/mol. The van der Waals surface area contributed by atoms with E-state index in [2.05, 4.69) is 6.92 Å². The summed E-state index contributed by atoms with van der Waals surface area (Å²) >= 11 is 0. The Labute approximate surface area is 154 Å². The minimum Gasteiger partial charge on any atom is -0.292 e. The molecule has 0 spiro atoms. The molecule has 1 aliphatic heterocycles. The number of benzene rings is 1. The number of aryl methyl sites for hydroxylation is 1. The molecule has 26 heavy (non-hydrogen) atoms. The average Bonchev–Trinajstić information content (AvgIpc) is 2.82. The number of Topliss-reactive ketones (excluding diaryl/α,β-unsaturated/α-hetero) is 1. The second-order valence-corrected chi connectivity index (χ2v) is 6.87. The summed E-state index contributed by atoms with van der Waals surface area (Å²) in [5.74, 6) is -2.17. The molecule has 1 aliphatic rings. The Morgan fingerprint density at radius 2 is 1.62 bits per heavy atom. The first kappa shape index (κ1) is 19.8. The number of carbonyl (C=O) groups excluding carboxylic acids is 4. The zero-order valence-corrected chi connectivity index (χ0v) is 15.7. The Morgan fingerprint density at radius 1 is 0.962 bits per heavy atom. The van der Waals surface area contributed by atoms with Crippen molar-refractivity contribution >= 4 is 23.6 Å². The highest BCUT2D eigenvalue weighted by Gasteiger charge is 2.46. The van der Waals surface area contributed by atoms with Crippen molar-refractivity contribution in [1.82, 2.24) is 9.80 Å². The normalized spacial score (nSPS) is 14.7. The smallest absolute Gasteiger partial charge is 0.292 e. The van der Waals surface area contributed by atoms with E-state index in [0.717, 1.165) is 28.2 Å². The van der Waals surface area contributed by atoms with Crippen LogP contribution in [0.1, 0.15) is 62.4 Å². The molecule has 6 nitrogen and oxygen atoms in total. The van der Waals surface area contributed by atoms with E-state index >= 15 is 0 Å². The van der Waals surface area contributed by atoms with Crippen LogP contribution in [0.4, 0.5) is 4.79 Å². The summed E-state index contributed by atoms with van der Waals surface area (Å²) in [7, 11) is 0.